The molecule has 1 aromatic rings. The van der Waals surface area contributed by atoms with E-state index in [4.69, 9.17) is 5.73 Å². The SMILES string of the molecule is CCCNC(=O)CSc1nc(C)c(CC(N)=O)s1. The molecule has 0 unspecified atom stereocenters. The third-order valence-corrected chi connectivity index (χ3v) is 4.41. The predicted molar refractivity (Wildman–Crippen MR) is 73.8 cm³/mol. The van der Waals surface area contributed by atoms with Crippen molar-refractivity contribution in [3.63, 3.8) is 0 Å². The van der Waals surface area contributed by atoms with Crippen LogP contribution in [0.15, 0.2) is 4.34 Å². The lowest BCUT2D eigenvalue weighted by molar-refractivity contribution is -0.119. The minimum Gasteiger partial charge on any atom is -0.369 e. The molecule has 1 rings (SSSR count). The summed E-state index contributed by atoms with van der Waals surface area (Å²) in [4.78, 5) is 27.4. The molecule has 0 bridgehead atoms. The molecule has 0 radical (unpaired) electrons. The lowest BCUT2D eigenvalue weighted by atomic mass is 10.3. The number of hydrogen-bond donors (Lipinski definition) is 2. The van der Waals surface area contributed by atoms with Gasteiger partial charge in [-0.1, -0.05) is 18.7 Å². The van der Waals surface area contributed by atoms with Crippen molar-refractivity contribution in [2.45, 2.75) is 31.0 Å². The molecule has 0 spiro atoms. The van der Waals surface area contributed by atoms with Crippen molar-refractivity contribution in [2.75, 3.05) is 12.3 Å². The maximum absolute atomic E-state index is 11.4. The van der Waals surface area contributed by atoms with Gasteiger partial charge in [-0.2, -0.15) is 0 Å². The Kier molecular flexibility index (Phi) is 6.14. The van der Waals surface area contributed by atoms with Gasteiger partial charge >= 0.3 is 0 Å². The number of thioether (sulfide) groups is 1. The molecule has 0 aliphatic carbocycles. The van der Waals surface area contributed by atoms with Crippen LogP contribution in [0.4, 0.5) is 0 Å². The number of primary amides is 1. The van der Waals surface area contributed by atoms with Crippen molar-refractivity contribution in [3.05, 3.63) is 10.6 Å². The Hall–Kier alpha value is -1.08. The quantitative estimate of drug-likeness (QED) is 0.735. The fourth-order valence-electron chi connectivity index (χ4n) is 1.23. The van der Waals surface area contributed by atoms with Crippen LogP contribution in [-0.2, 0) is 16.0 Å². The van der Waals surface area contributed by atoms with Gasteiger partial charge in [-0.05, 0) is 13.3 Å². The van der Waals surface area contributed by atoms with E-state index in [2.05, 4.69) is 10.3 Å². The summed E-state index contributed by atoms with van der Waals surface area (Å²) in [5.74, 6) is -0.00619. The van der Waals surface area contributed by atoms with Gasteiger partial charge in [0.1, 0.15) is 0 Å². The molecule has 18 heavy (non-hydrogen) atoms. The highest BCUT2D eigenvalue weighted by molar-refractivity contribution is 8.01. The summed E-state index contributed by atoms with van der Waals surface area (Å²) in [5, 5.41) is 2.80. The molecule has 0 fully saturated rings. The van der Waals surface area contributed by atoms with Crippen LogP contribution in [0, 0.1) is 6.92 Å². The van der Waals surface area contributed by atoms with Crippen molar-refractivity contribution in [1.82, 2.24) is 10.3 Å². The van der Waals surface area contributed by atoms with Crippen LogP contribution in [0.1, 0.15) is 23.9 Å². The van der Waals surface area contributed by atoms with Gasteiger partial charge in [0.25, 0.3) is 0 Å². The first-order valence-corrected chi connectivity index (χ1v) is 7.47. The number of nitrogens with two attached hydrogens (primary N) is 1. The van der Waals surface area contributed by atoms with E-state index in [9.17, 15) is 9.59 Å². The Balaban J connectivity index is 2.48. The Morgan fingerprint density at radius 2 is 2.22 bits per heavy atom. The third kappa shape index (κ3) is 5.05. The van der Waals surface area contributed by atoms with E-state index in [0.717, 1.165) is 21.3 Å². The monoisotopic (exact) mass is 287 g/mol. The zero-order valence-electron chi connectivity index (χ0n) is 10.5. The van der Waals surface area contributed by atoms with Crippen LogP contribution >= 0.6 is 23.1 Å². The Morgan fingerprint density at radius 3 is 2.83 bits per heavy atom. The van der Waals surface area contributed by atoms with Crippen LogP contribution in [-0.4, -0.2) is 29.1 Å². The fraction of sp³-hybridized carbons (Fsp3) is 0.545. The summed E-state index contributed by atoms with van der Waals surface area (Å²) in [7, 11) is 0. The number of carbonyl (C=O) groups excluding carboxylic acids is 2. The molecule has 0 saturated heterocycles. The normalized spacial score (nSPS) is 10.3. The maximum atomic E-state index is 11.4. The second-order valence-electron chi connectivity index (χ2n) is 3.77. The molecule has 0 saturated carbocycles. The minimum atomic E-state index is -0.362. The van der Waals surface area contributed by atoms with Gasteiger partial charge < -0.3 is 11.1 Å². The summed E-state index contributed by atoms with van der Waals surface area (Å²) < 4.78 is 0.801. The standard InChI is InChI=1S/C11H17N3O2S2/c1-3-4-13-10(16)6-17-11-14-7(2)8(18-11)5-9(12)15/h3-6H2,1-2H3,(H2,12,15)(H,13,16). The fourth-order valence-corrected chi connectivity index (χ4v) is 3.30. The van der Waals surface area contributed by atoms with Gasteiger partial charge in [0.15, 0.2) is 4.34 Å². The number of rotatable bonds is 7. The number of aryl methyl sites for hydroxylation is 1. The van der Waals surface area contributed by atoms with E-state index >= 15 is 0 Å². The van der Waals surface area contributed by atoms with Gasteiger partial charge in [-0.15, -0.1) is 11.3 Å². The number of hydrogen-bond acceptors (Lipinski definition) is 5. The topological polar surface area (TPSA) is 85.1 Å². The van der Waals surface area contributed by atoms with E-state index in [0.29, 0.717) is 12.3 Å². The molecule has 100 valence electrons. The van der Waals surface area contributed by atoms with Crippen LogP contribution in [0.3, 0.4) is 0 Å². The average Bonchev–Trinajstić information content (AvgIpc) is 2.64. The predicted octanol–water partition coefficient (Wildman–Crippen LogP) is 1.10. The van der Waals surface area contributed by atoms with E-state index < -0.39 is 0 Å². The third-order valence-electron chi connectivity index (χ3n) is 2.11. The molecule has 0 aliphatic heterocycles. The highest BCUT2D eigenvalue weighted by Crippen LogP contribution is 2.27. The molecular formula is C11H17N3O2S2. The summed E-state index contributed by atoms with van der Waals surface area (Å²) in [6.07, 6.45) is 1.14. The van der Waals surface area contributed by atoms with Crippen molar-refractivity contribution in [1.29, 1.82) is 0 Å². The zero-order valence-corrected chi connectivity index (χ0v) is 12.1. The Morgan fingerprint density at radius 1 is 1.50 bits per heavy atom. The Bertz CT molecular complexity index is 432. The molecular weight excluding hydrogens is 270 g/mol. The van der Waals surface area contributed by atoms with Gasteiger partial charge in [0.2, 0.25) is 11.8 Å². The van der Waals surface area contributed by atoms with Crippen LogP contribution < -0.4 is 11.1 Å². The second-order valence-corrected chi connectivity index (χ2v) is 6.08. The number of nitrogens with one attached hydrogen (secondary N) is 1. The number of thiazole rings is 1. The molecule has 3 N–H and O–H groups in total. The highest BCUT2D eigenvalue weighted by Gasteiger charge is 2.11. The molecule has 0 aromatic carbocycles. The first kappa shape index (κ1) is 15.0. The molecule has 5 nitrogen and oxygen atoms in total. The number of carbonyl (C=O) groups is 2. The molecule has 2 amide bonds. The molecule has 0 aliphatic rings. The van der Waals surface area contributed by atoms with Crippen LogP contribution in [0.25, 0.3) is 0 Å². The maximum Gasteiger partial charge on any atom is 0.230 e. The van der Waals surface area contributed by atoms with Gasteiger partial charge in [0, 0.05) is 11.4 Å². The Labute approximate surface area is 115 Å². The van der Waals surface area contributed by atoms with Crippen molar-refractivity contribution in [3.8, 4) is 0 Å². The first-order valence-electron chi connectivity index (χ1n) is 5.67. The van der Waals surface area contributed by atoms with E-state index in [1.165, 1.54) is 23.1 Å². The summed E-state index contributed by atoms with van der Waals surface area (Å²) >= 11 is 2.81. The average molecular weight is 287 g/mol. The molecule has 0 atom stereocenters. The lowest BCUT2D eigenvalue weighted by Crippen LogP contribution is -2.25. The van der Waals surface area contributed by atoms with Gasteiger partial charge in [-0.3, -0.25) is 9.59 Å². The molecule has 7 heteroatoms. The van der Waals surface area contributed by atoms with Gasteiger partial charge in [-0.25, -0.2) is 4.98 Å². The molecule has 1 heterocycles. The highest BCUT2D eigenvalue weighted by atomic mass is 32.2. The largest absolute Gasteiger partial charge is 0.369 e. The van der Waals surface area contributed by atoms with Crippen molar-refractivity contribution in [2.24, 2.45) is 5.73 Å². The van der Waals surface area contributed by atoms with Gasteiger partial charge in [0.05, 0.1) is 17.9 Å². The first-order chi connectivity index (χ1) is 8.52. The molecule has 1 aromatic heterocycles. The van der Waals surface area contributed by atoms with E-state index in [1.54, 1.807) is 0 Å². The van der Waals surface area contributed by atoms with Crippen molar-refractivity contribution < 1.29 is 9.59 Å². The summed E-state index contributed by atoms with van der Waals surface area (Å²) in [6, 6.07) is 0. The van der Waals surface area contributed by atoms with Crippen molar-refractivity contribution >= 4 is 34.9 Å². The number of amides is 2. The minimum absolute atomic E-state index is 0.00570. The van der Waals surface area contributed by atoms with E-state index in [1.807, 2.05) is 13.8 Å². The van der Waals surface area contributed by atoms with Crippen LogP contribution in [0.5, 0.6) is 0 Å². The lowest BCUT2D eigenvalue weighted by Gasteiger charge is -2.00. The number of nitrogens with zero attached hydrogens (tertiary/aromatic N) is 1. The van der Waals surface area contributed by atoms with Crippen LogP contribution in [0.2, 0.25) is 0 Å². The van der Waals surface area contributed by atoms with E-state index in [-0.39, 0.29) is 18.2 Å². The number of aromatic nitrogens is 1. The second kappa shape index (κ2) is 7.38. The summed E-state index contributed by atoms with van der Waals surface area (Å²) in [6.45, 7) is 4.55. The smallest absolute Gasteiger partial charge is 0.230 e. The zero-order chi connectivity index (χ0) is 13.5. The summed E-state index contributed by atoms with van der Waals surface area (Å²) in [5.41, 5.74) is 5.96.